The van der Waals surface area contributed by atoms with Crippen molar-refractivity contribution in [1.82, 2.24) is 0 Å². The molecule has 0 amide bonds. The topological polar surface area (TPSA) is 26.3 Å². The van der Waals surface area contributed by atoms with Gasteiger partial charge in [0.05, 0.1) is 12.7 Å². The van der Waals surface area contributed by atoms with E-state index in [4.69, 9.17) is 4.74 Å². The lowest BCUT2D eigenvalue weighted by atomic mass is 10.0. The first-order chi connectivity index (χ1) is 10.3. The van der Waals surface area contributed by atoms with E-state index in [1.165, 1.54) is 0 Å². The number of carbonyl (C=O) groups excluding carboxylic acids is 1. The molecule has 0 heterocycles. The van der Waals surface area contributed by atoms with Gasteiger partial charge in [0.15, 0.2) is 23.3 Å². The molecule has 0 spiro atoms. The first kappa shape index (κ1) is 15.9. The number of carbonyl (C=O) groups is 1. The molecule has 0 aliphatic carbocycles. The number of ketones is 1. The SMILES string of the molecule is COc1ccc(F)cc1C(=O)c1c(F)c(F)c(F)c(F)c1F. The molecular weight excluding hydrogens is 314 g/mol. The number of methoxy groups -OCH3 is 1. The van der Waals surface area contributed by atoms with Crippen molar-refractivity contribution < 1.29 is 35.9 Å². The minimum Gasteiger partial charge on any atom is -0.496 e. The predicted octanol–water partition coefficient (Wildman–Crippen LogP) is 3.76. The maximum atomic E-state index is 13.6. The summed E-state index contributed by atoms with van der Waals surface area (Å²) < 4.78 is 84.3. The first-order valence-electron chi connectivity index (χ1n) is 5.69. The van der Waals surface area contributed by atoms with E-state index in [0.29, 0.717) is 6.07 Å². The number of benzene rings is 2. The molecule has 8 heteroatoms. The van der Waals surface area contributed by atoms with Crippen LogP contribution in [0.4, 0.5) is 26.3 Å². The van der Waals surface area contributed by atoms with Crippen LogP contribution in [0.3, 0.4) is 0 Å². The lowest BCUT2D eigenvalue weighted by Gasteiger charge is -2.10. The molecule has 22 heavy (non-hydrogen) atoms. The summed E-state index contributed by atoms with van der Waals surface area (Å²) in [6, 6.07) is 2.45. The van der Waals surface area contributed by atoms with Gasteiger partial charge in [0.1, 0.15) is 17.1 Å². The fourth-order valence-corrected chi connectivity index (χ4v) is 1.80. The van der Waals surface area contributed by atoms with E-state index in [1.54, 1.807) is 0 Å². The predicted molar refractivity (Wildman–Crippen MR) is 62.6 cm³/mol. The Hall–Kier alpha value is -2.51. The molecule has 2 aromatic rings. The van der Waals surface area contributed by atoms with Crippen LogP contribution < -0.4 is 4.74 Å². The van der Waals surface area contributed by atoms with E-state index in [1.807, 2.05) is 0 Å². The van der Waals surface area contributed by atoms with Gasteiger partial charge in [0.2, 0.25) is 11.6 Å². The van der Waals surface area contributed by atoms with Crippen LogP contribution in [-0.4, -0.2) is 12.9 Å². The Morgan fingerprint density at radius 2 is 1.36 bits per heavy atom. The molecule has 2 rings (SSSR count). The molecule has 0 fully saturated rings. The molecule has 116 valence electrons. The van der Waals surface area contributed by atoms with Gasteiger partial charge >= 0.3 is 0 Å². The van der Waals surface area contributed by atoms with Gasteiger partial charge < -0.3 is 4.74 Å². The number of rotatable bonds is 3. The van der Waals surface area contributed by atoms with Gasteiger partial charge in [-0.15, -0.1) is 0 Å². The van der Waals surface area contributed by atoms with E-state index in [0.717, 1.165) is 19.2 Å². The van der Waals surface area contributed by atoms with Crippen molar-refractivity contribution in [3.05, 3.63) is 64.2 Å². The molecule has 0 aliphatic heterocycles. The summed E-state index contributed by atoms with van der Waals surface area (Å²) in [4.78, 5) is 12.1. The molecule has 0 radical (unpaired) electrons. The Balaban J connectivity index is 2.73. The third kappa shape index (κ3) is 2.40. The quantitative estimate of drug-likeness (QED) is 0.372. The minimum atomic E-state index is -2.39. The second kappa shape index (κ2) is 5.70. The van der Waals surface area contributed by atoms with Crippen LogP contribution in [0.2, 0.25) is 0 Å². The largest absolute Gasteiger partial charge is 0.496 e. The van der Waals surface area contributed by atoms with Crippen LogP contribution in [0.15, 0.2) is 18.2 Å². The number of halogens is 6. The summed E-state index contributed by atoms with van der Waals surface area (Å²) in [5, 5.41) is 0. The molecule has 0 saturated carbocycles. The van der Waals surface area contributed by atoms with E-state index >= 15 is 0 Å². The summed E-state index contributed by atoms with van der Waals surface area (Å²) in [6.45, 7) is 0. The molecule has 0 aromatic heterocycles. The van der Waals surface area contributed by atoms with Crippen molar-refractivity contribution in [3.8, 4) is 5.75 Å². The fraction of sp³-hybridized carbons (Fsp3) is 0.0714. The van der Waals surface area contributed by atoms with Crippen molar-refractivity contribution in [2.24, 2.45) is 0 Å². The van der Waals surface area contributed by atoms with Crippen molar-refractivity contribution in [2.75, 3.05) is 7.11 Å². The molecule has 2 aromatic carbocycles. The Bertz CT molecular complexity index is 743. The van der Waals surface area contributed by atoms with E-state index in [9.17, 15) is 31.1 Å². The second-order valence-corrected chi connectivity index (χ2v) is 4.12. The smallest absolute Gasteiger partial charge is 0.203 e. The van der Waals surface area contributed by atoms with Gasteiger partial charge in [0, 0.05) is 0 Å². The third-order valence-corrected chi connectivity index (χ3v) is 2.84. The first-order valence-corrected chi connectivity index (χ1v) is 5.69. The highest BCUT2D eigenvalue weighted by atomic mass is 19.2. The minimum absolute atomic E-state index is 0.282. The van der Waals surface area contributed by atoms with Crippen molar-refractivity contribution in [3.63, 3.8) is 0 Å². The zero-order valence-electron chi connectivity index (χ0n) is 10.8. The number of hydrogen-bond donors (Lipinski definition) is 0. The average Bonchev–Trinajstić information content (AvgIpc) is 2.51. The monoisotopic (exact) mass is 320 g/mol. The van der Waals surface area contributed by atoms with Gasteiger partial charge in [-0.05, 0) is 18.2 Å². The Kier molecular flexibility index (Phi) is 4.11. The normalized spacial score (nSPS) is 10.7. The summed E-state index contributed by atoms with van der Waals surface area (Å²) in [7, 11) is 1.09. The molecule has 0 saturated heterocycles. The van der Waals surface area contributed by atoms with E-state index in [-0.39, 0.29) is 5.75 Å². The maximum absolute atomic E-state index is 13.6. The Morgan fingerprint density at radius 3 is 1.86 bits per heavy atom. The van der Waals surface area contributed by atoms with Gasteiger partial charge in [-0.1, -0.05) is 0 Å². The van der Waals surface area contributed by atoms with Crippen LogP contribution >= 0.6 is 0 Å². The molecule has 0 N–H and O–H groups in total. The van der Waals surface area contributed by atoms with E-state index < -0.39 is 51.8 Å². The van der Waals surface area contributed by atoms with Crippen molar-refractivity contribution in [2.45, 2.75) is 0 Å². The zero-order chi connectivity index (χ0) is 16.6. The number of ether oxygens (including phenoxy) is 1. The lowest BCUT2D eigenvalue weighted by molar-refractivity contribution is 0.102. The summed E-state index contributed by atoms with van der Waals surface area (Å²) in [5.74, 6) is -14.3. The molecule has 0 atom stereocenters. The maximum Gasteiger partial charge on any atom is 0.203 e. The van der Waals surface area contributed by atoms with Gasteiger partial charge in [-0.3, -0.25) is 4.79 Å². The Morgan fingerprint density at radius 1 is 0.864 bits per heavy atom. The molecule has 2 nitrogen and oxygen atoms in total. The standard InChI is InChI=1S/C14H6F6O2/c1-22-7-3-2-5(15)4-6(7)14(21)8-9(16)11(18)13(20)12(19)10(8)17/h2-4H,1H3. The van der Waals surface area contributed by atoms with Crippen molar-refractivity contribution in [1.29, 1.82) is 0 Å². The van der Waals surface area contributed by atoms with Gasteiger partial charge in [-0.25, -0.2) is 26.3 Å². The average molecular weight is 320 g/mol. The number of hydrogen-bond acceptors (Lipinski definition) is 2. The van der Waals surface area contributed by atoms with Crippen molar-refractivity contribution >= 4 is 5.78 Å². The van der Waals surface area contributed by atoms with Crippen LogP contribution in [-0.2, 0) is 0 Å². The highest BCUT2D eigenvalue weighted by molar-refractivity contribution is 6.11. The van der Waals surface area contributed by atoms with Gasteiger partial charge in [0.25, 0.3) is 0 Å². The fourth-order valence-electron chi connectivity index (χ4n) is 1.80. The molecule has 0 unspecified atom stereocenters. The van der Waals surface area contributed by atoms with E-state index in [2.05, 4.69) is 0 Å². The Labute approximate surface area is 119 Å². The second-order valence-electron chi connectivity index (χ2n) is 4.12. The van der Waals surface area contributed by atoms with Crippen LogP contribution in [0.25, 0.3) is 0 Å². The molecule has 0 bridgehead atoms. The van der Waals surface area contributed by atoms with Gasteiger partial charge in [-0.2, -0.15) is 0 Å². The third-order valence-electron chi connectivity index (χ3n) is 2.84. The highest BCUT2D eigenvalue weighted by Gasteiger charge is 2.31. The van der Waals surface area contributed by atoms with Crippen LogP contribution in [0.5, 0.6) is 5.75 Å². The summed E-state index contributed by atoms with van der Waals surface area (Å²) in [5.41, 5.74) is -2.36. The van der Waals surface area contributed by atoms with Crippen LogP contribution in [0.1, 0.15) is 15.9 Å². The lowest BCUT2D eigenvalue weighted by Crippen LogP contribution is -2.14. The summed E-state index contributed by atoms with van der Waals surface area (Å²) >= 11 is 0. The summed E-state index contributed by atoms with van der Waals surface area (Å²) in [6.07, 6.45) is 0. The highest BCUT2D eigenvalue weighted by Crippen LogP contribution is 2.28. The molecular formula is C14H6F6O2. The molecule has 0 aliphatic rings. The van der Waals surface area contributed by atoms with Crippen LogP contribution in [0, 0.1) is 34.9 Å². The zero-order valence-corrected chi connectivity index (χ0v) is 10.8.